The number of benzene rings is 4. The van der Waals surface area contributed by atoms with Crippen LogP contribution in [0.4, 0.5) is 39.5 Å². The SMILES string of the molecule is CCCCCC1CCC(c2ccc(-c3cc(F)c(C(F)(F)Oc4ccc(-c5ccc(OC(F)F)c(F)c5)c(F)c4)c(F)c3)c(F)c2)CC1. The standard InChI is InChI=1S/C37H33F9O2/c1-2-3-4-5-21-6-8-22(9-7-21)23-10-13-28(29(38)16-23)25-18-32(41)35(33(42)19-25)37(45,46)48-26-12-14-27(30(39)20-26)24-11-15-34(31(40)17-24)47-36(43)44/h10-22,36H,2-9H2,1H3. The Morgan fingerprint density at radius 2 is 1.31 bits per heavy atom. The van der Waals surface area contributed by atoms with Gasteiger partial charge < -0.3 is 9.47 Å². The molecule has 0 saturated heterocycles. The minimum Gasteiger partial charge on any atom is -0.432 e. The van der Waals surface area contributed by atoms with E-state index in [-0.39, 0.29) is 28.2 Å². The van der Waals surface area contributed by atoms with Crippen LogP contribution in [0.1, 0.15) is 75.3 Å². The van der Waals surface area contributed by atoms with Gasteiger partial charge in [-0.2, -0.15) is 17.6 Å². The summed E-state index contributed by atoms with van der Waals surface area (Å²) in [6.45, 7) is -1.13. The molecule has 256 valence electrons. The summed E-state index contributed by atoms with van der Waals surface area (Å²) in [5.74, 6) is -7.34. The fourth-order valence-electron chi connectivity index (χ4n) is 6.35. The van der Waals surface area contributed by atoms with Crippen molar-refractivity contribution in [1.82, 2.24) is 0 Å². The lowest BCUT2D eigenvalue weighted by Crippen LogP contribution is -2.25. The maximum absolute atomic E-state index is 15.2. The van der Waals surface area contributed by atoms with Crippen LogP contribution < -0.4 is 9.47 Å². The highest BCUT2D eigenvalue weighted by Crippen LogP contribution is 2.41. The van der Waals surface area contributed by atoms with E-state index in [0.717, 1.165) is 55.5 Å². The van der Waals surface area contributed by atoms with Crippen molar-refractivity contribution in [2.24, 2.45) is 5.92 Å². The summed E-state index contributed by atoms with van der Waals surface area (Å²) >= 11 is 0. The zero-order valence-electron chi connectivity index (χ0n) is 26.0. The van der Waals surface area contributed by atoms with E-state index in [1.165, 1.54) is 37.8 Å². The highest BCUT2D eigenvalue weighted by atomic mass is 19.3. The molecule has 48 heavy (non-hydrogen) atoms. The molecular formula is C37H33F9O2. The van der Waals surface area contributed by atoms with Crippen molar-refractivity contribution in [3.8, 4) is 33.8 Å². The van der Waals surface area contributed by atoms with E-state index in [0.29, 0.717) is 30.2 Å². The van der Waals surface area contributed by atoms with Crippen molar-refractivity contribution < 1.29 is 49.0 Å². The largest absolute Gasteiger partial charge is 0.432 e. The van der Waals surface area contributed by atoms with Gasteiger partial charge in [-0.3, -0.25) is 0 Å². The van der Waals surface area contributed by atoms with Crippen molar-refractivity contribution in [1.29, 1.82) is 0 Å². The van der Waals surface area contributed by atoms with Crippen molar-refractivity contribution in [2.75, 3.05) is 0 Å². The zero-order valence-corrected chi connectivity index (χ0v) is 26.0. The van der Waals surface area contributed by atoms with Crippen molar-refractivity contribution >= 4 is 0 Å². The van der Waals surface area contributed by atoms with Gasteiger partial charge in [0.1, 0.15) is 34.6 Å². The third-order valence-electron chi connectivity index (χ3n) is 8.82. The Bertz CT molecular complexity index is 1710. The Balaban J connectivity index is 1.29. The van der Waals surface area contributed by atoms with Gasteiger partial charge in [-0.15, -0.1) is 0 Å². The number of unbranched alkanes of at least 4 members (excludes halogenated alkanes) is 2. The first-order valence-electron chi connectivity index (χ1n) is 15.8. The molecule has 0 N–H and O–H groups in total. The van der Waals surface area contributed by atoms with Crippen molar-refractivity contribution in [3.05, 3.63) is 107 Å². The van der Waals surface area contributed by atoms with E-state index in [9.17, 15) is 17.6 Å². The third kappa shape index (κ3) is 8.10. The van der Waals surface area contributed by atoms with E-state index in [1.807, 2.05) is 0 Å². The van der Waals surface area contributed by atoms with Gasteiger partial charge in [-0.1, -0.05) is 50.8 Å². The van der Waals surface area contributed by atoms with Crippen LogP contribution >= 0.6 is 0 Å². The van der Waals surface area contributed by atoms with Crippen LogP contribution in [0.25, 0.3) is 22.3 Å². The molecule has 0 atom stereocenters. The zero-order chi connectivity index (χ0) is 34.6. The van der Waals surface area contributed by atoms with Crippen LogP contribution in [0.2, 0.25) is 0 Å². The molecule has 0 aliphatic heterocycles. The summed E-state index contributed by atoms with van der Waals surface area (Å²) in [5, 5.41) is 0. The number of halogens is 9. The smallest absolute Gasteiger partial charge is 0.432 e. The number of hydrogen-bond acceptors (Lipinski definition) is 2. The Hall–Kier alpha value is -4.15. The van der Waals surface area contributed by atoms with E-state index in [1.54, 1.807) is 6.07 Å². The van der Waals surface area contributed by atoms with Gasteiger partial charge in [0.2, 0.25) is 0 Å². The summed E-state index contributed by atoms with van der Waals surface area (Å²) in [4.78, 5) is 0. The second-order valence-electron chi connectivity index (χ2n) is 12.1. The highest BCUT2D eigenvalue weighted by molar-refractivity contribution is 5.67. The molecule has 0 amide bonds. The normalized spacial score (nSPS) is 16.7. The average Bonchev–Trinajstić information content (AvgIpc) is 3.01. The Labute approximate surface area is 272 Å². The minimum atomic E-state index is -4.63. The number of rotatable bonds is 12. The predicted molar refractivity (Wildman–Crippen MR) is 164 cm³/mol. The minimum absolute atomic E-state index is 0.136. The summed E-state index contributed by atoms with van der Waals surface area (Å²) in [6.07, 6.45) is 4.09. The predicted octanol–water partition coefficient (Wildman–Crippen LogP) is 12.3. The molecule has 5 rings (SSSR count). The summed E-state index contributed by atoms with van der Waals surface area (Å²) < 4.78 is 138. The molecule has 0 spiro atoms. The third-order valence-corrected chi connectivity index (χ3v) is 8.82. The molecule has 1 aliphatic carbocycles. The van der Waals surface area contributed by atoms with Gasteiger partial charge in [0.05, 0.1) is 0 Å². The molecular weight excluding hydrogens is 647 g/mol. The summed E-state index contributed by atoms with van der Waals surface area (Å²) in [7, 11) is 0. The van der Waals surface area contributed by atoms with Crippen LogP contribution in [-0.4, -0.2) is 6.61 Å². The molecule has 4 aromatic rings. The van der Waals surface area contributed by atoms with Crippen molar-refractivity contribution in [3.63, 3.8) is 0 Å². The van der Waals surface area contributed by atoms with E-state index >= 15 is 22.0 Å². The van der Waals surface area contributed by atoms with E-state index in [4.69, 9.17) is 0 Å². The van der Waals surface area contributed by atoms with E-state index in [2.05, 4.69) is 16.4 Å². The van der Waals surface area contributed by atoms with Crippen LogP contribution in [0.15, 0.2) is 66.7 Å². The first kappa shape index (κ1) is 35.2. The average molecular weight is 681 g/mol. The molecule has 0 bridgehead atoms. The molecule has 1 aliphatic rings. The monoisotopic (exact) mass is 680 g/mol. The van der Waals surface area contributed by atoms with Gasteiger partial charge in [-0.05, 0) is 96.7 Å². The molecule has 0 aromatic heterocycles. The van der Waals surface area contributed by atoms with Gasteiger partial charge in [0, 0.05) is 17.2 Å². The summed E-state index contributed by atoms with van der Waals surface area (Å²) in [6, 6.07) is 10.5. The lowest BCUT2D eigenvalue weighted by atomic mass is 9.77. The number of ether oxygens (including phenoxy) is 2. The van der Waals surface area contributed by atoms with Crippen LogP contribution in [-0.2, 0) is 6.11 Å². The Morgan fingerprint density at radius 1 is 0.688 bits per heavy atom. The lowest BCUT2D eigenvalue weighted by molar-refractivity contribution is -0.189. The second kappa shape index (κ2) is 15.0. The second-order valence-corrected chi connectivity index (χ2v) is 12.1. The lowest BCUT2D eigenvalue weighted by Gasteiger charge is -2.29. The van der Waals surface area contributed by atoms with Crippen molar-refractivity contribution in [2.45, 2.75) is 76.9 Å². The molecule has 11 heteroatoms. The molecule has 0 unspecified atom stereocenters. The van der Waals surface area contributed by atoms with Crippen LogP contribution in [0.5, 0.6) is 11.5 Å². The molecule has 4 aromatic carbocycles. The maximum Gasteiger partial charge on any atom is 0.432 e. The first-order chi connectivity index (χ1) is 22.9. The molecule has 1 fully saturated rings. The molecule has 0 heterocycles. The van der Waals surface area contributed by atoms with Crippen LogP contribution in [0.3, 0.4) is 0 Å². The number of alkyl halides is 4. The van der Waals surface area contributed by atoms with Gasteiger partial charge >= 0.3 is 12.7 Å². The fourth-order valence-corrected chi connectivity index (χ4v) is 6.35. The maximum atomic E-state index is 15.2. The summed E-state index contributed by atoms with van der Waals surface area (Å²) in [5.41, 5.74) is -1.88. The molecule has 2 nitrogen and oxygen atoms in total. The Morgan fingerprint density at radius 3 is 1.92 bits per heavy atom. The highest BCUT2D eigenvalue weighted by Gasteiger charge is 2.41. The topological polar surface area (TPSA) is 18.5 Å². The van der Waals surface area contributed by atoms with Crippen LogP contribution in [0, 0.1) is 35.0 Å². The Kier molecular flexibility index (Phi) is 11.0. The molecule has 0 radical (unpaired) electrons. The van der Waals surface area contributed by atoms with Gasteiger partial charge in [-0.25, -0.2) is 22.0 Å². The van der Waals surface area contributed by atoms with Gasteiger partial charge in [0.25, 0.3) is 0 Å². The first-order valence-corrected chi connectivity index (χ1v) is 15.8. The van der Waals surface area contributed by atoms with E-state index < -0.39 is 58.9 Å². The quantitative estimate of drug-likeness (QED) is 0.110. The number of hydrogen-bond donors (Lipinski definition) is 0. The molecule has 1 saturated carbocycles. The van der Waals surface area contributed by atoms with Gasteiger partial charge in [0.15, 0.2) is 11.6 Å². The fraction of sp³-hybridized carbons (Fsp3) is 0.351.